The van der Waals surface area contributed by atoms with E-state index in [-0.39, 0.29) is 17.9 Å². The Morgan fingerprint density at radius 2 is 2.15 bits per heavy atom. The lowest BCUT2D eigenvalue weighted by atomic mass is 10.1. The third kappa shape index (κ3) is 4.80. The summed E-state index contributed by atoms with van der Waals surface area (Å²) in [6.45, 7) is 2.64. The predicted octanol–water partition coefficient (Wildman–Crippen LogP) is 2.86. The molecule has 1 atom stereocenters. The van der Waals surface area contributed by atoms with E-state index in [1.165, 1.54) is 24.6 Å². The van der Waals surface area contributed by atoms with Crippen LogP contribution in [-0.4, -0.2) is 32.7 Å². The van der Waals surface area contributed by atoms with Crippen LogP contribution in [0.25, 0.3) is 0 Å². The van der Waals surface area contributed by atoms with Crippen LogP contribution >= 0.6 is 0 Å². The van der Waals surface area contributed by atoms with Crippen molar-refractivity contribution in [1.29, 1.82) is 0 Å². The molecule has 2 N–H and O–H groups in total. The van der Waals surface area contributed by atoms with Crippen molar-refractivity contribution in [2.24, 2.45) is 0 Å². The van der Waals surface area contributed by atoms with Crippen molar-refractivity contribution >= 4 is 15.8 Å². The number of halogens is 1. The minimum Gasteiger partial charge on any atom is -0.370 e. The molecule has 0 saturated carbocycles. The van der Waals surface area contributed by atoms with E-state index in [0.717, 1.165) is 30.9 Å². The van der Waals surface area contributed by atoms with Gasteiger partial charge in [-0.15, -0.1) is 0 Å². The number of fused-ring (bicyclic) bond motifs is 1. The molecule has 26 heavy (non-hydrogen) atoms. The van der Waals surface area contributed by atoms with E-state index in [1.807, 2.05) is 6.07 Å². The molecule has 1 unspecified atom stereocenters. The Balaban J connectivity index is 1.62. The number of hydrogen-bond donors (Lipinski definition) is 2. The molecule has 0 aliphatic carbocycles. The smallest absolute Gasteiger partial charge is 0.240 e. The van der Waals surface area contributed by atoms with E-state index >= 15 is 0 Å². The van der Waals surface area contributed by atoms with Crippen molar-refractivity contribution in [1.82, 2.24) is 9.71 Å². The Bertz CT molecular complexity index is 869. The predicted molar refractivity (Wildman–Crippen MR) is 101 cm³/mol. The molecule has 140 valence electrons. The van der Waals surface area contributed by atoms with Crippen molar-refractivity contribution < 1.29 is 12.8 Å². The van der Waals surface area contributed by atoms with E-state index < -0.39 is 16.2 Å². The molecule has 0 bridgehead atoms. The lowest BCUT2D eigenvalue weighted by Crippen LogP contribution is -2.26. The highest BCUT2D eigenvalue weighted by Gasteiger charge is 2.15. The van der Waals surface area contributed by atoms with Gasteiger partial charge in [-0.2, -0.15) is 0 Å². The standard InChI is InChI=1S/C19H24FN3O2S/c1-14(20)12-15-4-2-6-18(13-15)26(24,25)22-11-9-17-8-7-16-5-3-10-21-19(16)23-17/h2,4,6-8,13-14,22H,3,5,9-12H2,1H3,(H,21,23). The van der Waals surface area contributed by atoms with Crippen LogP contribution in [0, 0.1) is 0 Å². The molecular formula is C19H24FN3O2S. The van der Waals surface area contributed by atoms with Gasteiger partial charge in [0.2, 0.25) is 10.0 Å². The van der Waals surface area contributed by atoms with Crippen LogP contribution in [-0.2, 0) is 29.3 Å². The third-order valence-corrected chi connectivity index (χ3v) is 5.81. The summed E-state index contributed by atoms with van der Waals surface area (Å²) in [5, 5.41) is 3.28. The maximum atomic E-state index is 13.1. The summed E-state index contributed by atoms with van der Waals surface area (Å²) in [5.41, 5.74) is 2.73. The van der Waals surface area contributed by atoms with Crippen LogP contribution in [0.15, 0.2) is 41.3 Å². The molecule has 1 aromatic heterocycles. The first-order valence-corrected chi connectivity index (χ1v) is 10.4. The Morgan fingerprint density at radius 1 is 1.31 bits per heavy atom. The number of alkyl halides is 1. The van der Waals surface area contributed by atoms with Gasteiger partial charge in [0.15, 0.2) is 0 Å². The zero-order chi connectivity index (χ0) is 18.6. The van der Waals surface area contributed by atoms with Gasteiger partial charge in [-0.1, -0.05) is 18.2 Å². The molecule has 3 rings (SSSR count). The van der Waals surface area contributed by atoms with Gasteiger partial charge in [-0.3, -0.25) is 0 Å². The summed E-state index contributed by atoms with van der Waals surface area (Å²) in [4.78, 5) is 4.73. The normalized spacial score (nSPS) is 15.2. The second-order valence-electron chi connectivity index (χ2n) is 6.62. The molecular weight excluding hydrogens is 353 g/mol. The summed E-state index contributed by atoms with van der Waals surface area (Å²) in [5.74, 6) is 0.907. The van der Waals surface area contributed by atoms with Crippen LogP contribution in [0.3, 0.4) is 0 Å². The number of pyridine rings is 1. The van der Waals surface area contributed by atoms with Crippen LogP contribution in [0.4, 0.5) is 10.2 Å². The minimum absolute atomic E-state index is 0.163. The molecule has 1 aliphatic heterocycles. The van der Waals surface area contributed by atoms with Gasteiger partial charge >= 0.3 is 0 Å². The molecule has 0 fully saturated rings. The highest BCUT2D eigenvalue weighted by molar-refractivity contribution is 7.89. The van der Waals surface area contributed by atoms with Crippen LogP contribution in [0.5, 0.6) is 0 Å². The number of sulfonamides is 1. The molecule has 7 heteroatoms. The number of nitrogens with zero attached hydrogens (tertiary/aromatic N) is 1. The summed E-state index contributed by atoms with van der Waals surface area (Å²) < 4.78 is 40.7. The number of benzene rings is 1. The quantitative estimate of drug-likeness (QED) is 0.778. The van der Waals surface area contributed by atoms with Gasteiger partial charge in [0.25, 0.3) is 0 Å². The fourth-order valence-electron chi connectivity index (χ4n) is 3.07. The zero-order valence-corrected chi connectivity index (χ0v) is 15.7. The summed E-state index contributed by atoms with van der Waals surface area (Å²) in [7, 11) is -3.62. The van der Waals surface area contributed by atoms with Crippen molar-refractivity contribution in [2.45, 2.75) is 43.7 Å². The number of rotatable bonds is 7. The van der Waals surface area contributed by atoms with Crippen molar-refractivity contribution in [2.75, 3.05) is 18.4 Å². The lowest BCUT2D eigenvalue weighted by molar-refractivity contribution is 0.360. The number of nitrogens with one attached hydrogen (secondary N) is 2. The Kier molecular flexibility index (Phi) is 5.88. The van der Waals surface area contributed by atoms with E-state index in [0.29, 0.717) is 12.0 Å². The first kappa shape index (κ1) is 18.8. The SMILES string of the molecule is CC(F)Cc1cccc(S(=O)(=O)NCCc2ccc3c(n2)NCCC3)c1. The molecule has 5 nitrogen and oxygen atoms in total. The lowest BCUT2D eigenvalue weighted by Gasteiger charge is -2.17. The first-order valence-electron chi connectivity index (χ1n) is 8.89. The van der Waals surface area contributed by atoms with E-state index in [9.17, 15) is 12.8 Å². The molecule has 0 spiro atoms. The molecule has 0 amide bonds. The average Bonchev–Trinajstić information content (AvgIpc) is 2.61. The van der Waals surface area contributed by atoms with Crippen molar-refractivity contribution in [3.05, 3.63) is 53.2 Å². The average molecular weight is 377 g/mol. The van der Waals surface area contributed by atoms with Crippen LogP contribution in [0.1, 0.15) is 30.2 Å². The van der Waals surface area contributed by atoms with E-state index in [2.05, 4.69) is 21.1 Å². The first-order chi connectivity index (χ1) is 12.4. The van der Waals surface area contributed by atoms with Gasteiger partial charge in [0, 0.05) is 31.6 Å². The number of aromatic nitrogens is 1. The van der Waals surface area contributed by atoms with E-state index in [1.54, 1.807) is 12.1 Å². The topological polar surface area (TPSA) is 71.1 Å². The van der Waals surface area contributed by atoms with Gasteiger partial charge in [-0.05, 0) is 49.1 Å². The monoisotopic (exact) mass is 377 g/mol. The summed E-state index contributed by atoms with van der Waals surface area (Å²) >= 11 is 0. The molecule has 1 aromatic carbocycles. The number of aryl methyl sites for hydroxylation is 1. The fraction of sp³-hybridized carbons (Fsp3) is 0.421. The number of hydrogen-bond acceptors (Lipinski definition) is 4. The minimum atomic E-state index is -3.62. The fourth-order valence-corrected chi connectivity index (χ4v) is 4.17. The second kappa shape index (κ2) is 8.14. The zero-order valence-electron chi connectivity index (χ0n) is 14.8. The van der Waals surface area contributed by atoms with Gasteiger partial charge < -0.3 is 5.32 Å². The highest BCUT2D eigenvalue weighted by atomic mass is 32.2. The Labute approximate surface area is 154 Å². The van der Waals surface area contributed by atoms with Crippen LogP contribution < -0.4 is 10.0 Å². The largest absolute Gasteiger partial charge is 0.370 e. The van der Waals surface area contributed by atoms with Gasteiger partial charge in [-0.25, -0.2) is 22.5 Å². The Hall–Kier alpha value is -1.99. The molecule has 0 saturated heterocycles. The van der Waals surface area contributed by atoms with Crippen molar-refractivity contribution in [3.63, 3.8) is 0 Å². The third-order valence-electron chi connectivity index (χ3n) is 4.35. The molecule has 2 heterocycles. The molecule has 0 radical (unpaired) electrons. The van der Waals surface area contributed by atoms with Crippen LogP contribution in [0.2, 0.25) is 0 Å². The summed E-state index contributed by atoms with van der Waals surface area (Å²) in [6, 6.07) is 10.4. The number of anilines is 1. The maximum absolute atomic E-state index is 13.1. The van der Waals surface area contributed by atoms with Gasteiger partial charge in [0.1, 0.15) is 12.0 Å². The summed E-state index contributed by atoms with van der Waals surface area (Å²) in [6.07, 6.45) is 1.83. The molecule has 2 aromatic rings. The molecule has 1 aliphatic rings. The van der Waals surface area contributed by atoms with Gasteiger partial charge in [0.05, 0.1) is 4.90 Å². The van der Waals surface area contributed by atoms with E-state index in [4.69, 9.17) is 0 Å². The maximum Gasteiger partial charge on any atom is 0.240 e. The Morgan fingerprint density at radius 3 is 2.96 bits per heavy atom. The van der Waals surface area contributed by atoms with Crippen molar-refractivity contribution in [3.8, 4) is 0 Å². The highest BCUT2D eigenvalue weighted by Crippen LogP contribution is 2.20. The second-order valence-corrected chi connectivity index (χ2v) is 8.39.